The van der Waals surface area contributed by atoms with Crippen molar-refractivity contribution in [1.29, 1.82) is 0 Å². The molecule has 6 nitrogen and oxygen atoms in total. The second-order valence-corrected chi connectivity index (χ2v) is 3.61. The number of benzene rings is 1. The zero-order valence-corrected chi connectivity index (χ0v) is 9.09. The molecule has 0 fully saturated rings. The van der Waals surface area contributed by atoms with Gasteiger partial charge >= 0.3 is 5.97 Å². The molecule has 1 aliphatic heterocycles. The number of carboxylic acid groups (broad SMARTS) is 1. The van der Waals surface area contributed by atoms with Crippen molar-refractivity contribution in [3.05, 3.63) is 30.1 Å². The Morgan fingerprint density at radius 2 is 2.17 bits per heavy atom. The van der Waals surface area contributed by atoms with E-state index in [1.165, 1.54) is 18.2 Å². The molecule has 2 N–H and O–H groups in total. The highest BCUT2D eigenvalue weighted by Crippen LogP contribution is 2.16. The summed E-state index contributed by atoms with van der Waals surface area (Å²) in [4.78, 5) is 26.9. The minimum absolute atomic E-state index is 0.00914. The maximum absolute atomic E-state index is 13.3. The summed E-state index contributed by atoms with van der Waals surface area (Å²) in [6.45, 7) is 0. The molecule has 1 aromatic carbocycles. The van der Waals surface area contributed by atoms with Crippen molar-refractivity contribution in [1.82, 2.24) is 0 Å². The van der Waals surface area contributed by atoms with E-state index in [-0.39, 0.29) is 17.8 Å². The summed E-state index contributed by atoms with van der Waals surface area (Å²) < 4.78 is 13.3. The monoisotopic (exact) mass is 252 g/mol. The number of halogens is 1. The molecule has 7 heteroatoms. The second-order valence-electron chi connectivity index (χ2n) is 3.61. The number of hydrogen-bond donors (Lipinski definition) is 2. The van der Waals surface area contributed by atoms with Gasteiger partial charge in [-0.05, 0) is 12.1 Å². The number of carbonyl (C=O) groups excluding carboxylic acids is 1. The fourth-order valence-electron chi connectivity index (χ4n) is 1.42. The van der Waals surface area contributed by atoms with E-state index in [2.05, 4.69) is 15.3 Å². The highest BCUT2D eigenvalue weighted by atomic mass is 19.1. The quantitative estimate of drug-likeness (QED) is 0.839. The van der Waals surface area contributed by atoms with Crippen molar-refractivity contribution >= 4 is 23.3 Å². The van der Waals surface area contributed by atoms with Crippen LogP contribution >= 0.6 is 0 Å². The van der Waals surface area contributed by atoms with Gasteiger partial charge in [-0.1, -0.05) is 17.3 Å². The number of carbonyl (C=O) groups is 2. The standard InChI is InChI=1S/C11H9FN2O4/c12-6-3-1-2-4-7(6)13-10(15)9-5-8(11(16)17)14-18-9/h1-4,9H,5H2,(H,13,15)(H,16,17). The molecule has 1 aliphatic rings. The molecule has 1 amide bonds. The topological polar surface area (TPSA) is 88.0 Å². The van der Waals surface area contributed by atoms with Gasteiger partial charge in [0.05, 0.1) is 5.69 Å². The molecule has 1 aromatic rings. The van der Waals surface area contributed by atoms with Crippen LogP contribution < -0.4 is 5.32 Å². The molecule has 1 atom stereocenters. The molecule has 0 aliphatic carbocycles. The minimum Gasteiger partial charge on any atom is -0.477 e. The number of aliphatic carboxylic acids is 1. The van der Waals surface area contributed by atoms with Gasteiger partial charge in [0, 0.05) is 6.42 Å². The number of rotatable bonds is 3. The fraction of sp³-hybridized carbons (Fsp3) is 0.182. The number of nitrogens with one attached hydrogen (secondary N) is 1. The Labute approximate surface area is 101 Å². The van der Waals surface area contributed by atoms with Crippen LogP contribution in [-0.2, 0) is 14.4 Å². The predicted molar refractivity (Wildman–Crippen MR) is 59.6 cm³/mol. The zero-order chi connectivity index (χ0) is 13.1. The molecule has 0 spiro atoms. The van der Waals surface area contributed by atoms with Crippen molar-refractivity contribution in [3.63, 3.8) is 0 Å². The highest BCUT2D eigenvalue weighted by molar-refractivity contribution is 6.36. The van der Waals surface area contributed by atoms with E-state index in [1.54, 1.807) is 6.07 Å². The molecule has 0 saturated carbocycles. The Hall–Kier alpha value is -2.44. The van der Waals surface area contributed by atoms with Crippen molar-refractivity contribution in [3.8, 4) is 0 Å². The van der Waals surface area contributed by atoms with Crippen molar-refractivity contribution in [2.24, 2.45) is 5.16 Å². The minimum atomic E-state index is -1.24. The summed E-state index contributed by atoms with van der Waals surface area (Å²) in [5.41, 5.74) is -0.224. The molecule has 0 bridgehead atoms. The van der Waals surface area contributed by atoms with Crippen LogP contribution in [0.25, 0.3) is 0 Å². The molecule has 0 saturated heterocycles. The number of hydrogen-bond acceptors (Lipinski definition) is 4. The lowest BCUT2D eigenvalue weighted by molar-refractivity contribution is -0.129. The first-order chi connectivity index (χ1) is 8.58. The summed E-state index contributed by atoms with van der Waals surface area (Å²) in [5, 5.41) is 14.2. The van der Waals surface area contributed by atoms with Crippen LogP contribution in [0.2, 0.25) is 0 Å². The number of amides is 1. The van der Waals surface area contributed by atoms with E-state index in [9.17, 15) is 14.0 Å². The number of oxime groups is 1. The van der Waals surface area contributed by atoms with Crippen molar-refractivity contribution in [2.75, 3.05) is 5.32 Å². The Bertz CT molecular complexity index is 530. The van der Waals surface area contributed by atoms with E-state index in [0.29, 0.717) is 0 Å². The van der Waals surface area contributed by atoms with Crippen LogP contribution in [0.15, 0.2) is 29.4 Å². The molecule has 18 heavy (non-hydrogen) atoms. The van der Waals surface area contributed by atoms with Crippen LogP contribution in [0.5, 0.6) is 0 Å². The Kier molecular flexibility index (Phi) is 3.22. The molecule has 94 valence electrons. The lowest BCUT2D eigenvalue weighted by Gasteiger charge is -2.09. The third kappa shape index (κ3) is 2.45. The number of para-hydroxylation sites is 1. The molecule has 0 radical (unpaired) electrons. The molecule has 1 heterocycles. The Balaban J connectivity index is 1.99. The average molecular weight is 252 g/mol. The van der Waals surface area contributed by atoms with Crippen molar-refractivity contribution in [2.45, 2.75) is 12.5 Å². The predicted octanol–water partition coefficient (Wildman–Crippen LogP) is 0.994. The van der Waals surface area contributed by atoms with E-state index in [4.69, 9.17) is 5.11 Å². The molecular formula is C11H9FN2O4. The lowest BCUT2D eigenvalue weighted by Crippen LogP contribution is -2.29. The van der Waals surface area contributed by atoms with E-state index in [1.807, 2.05) is 0 Å². The summed E-state index contributed by atoms with van der Waals surface area (Å²) in [7, 11) is 0. The number of anilines is 1. The molecule has 0 aromatic heterocycles. The fourth-order valence-corrected chi connectivity index (χ4v) is 1.42. The van der Waals surface area contributed by atoms with E-state index in [0.717, 1.165) is 0 Å². The highest BCUT2D eigenvalue weighted by Gasteiger charge is 2.31. The van der Waals surface area contributed by atoms with Gasteiger partial charge in [0.15, 0.2) is 5.71 Å². The van der Waals surface area contributed by atoms with Crippen molar-refractivity contribution < 1.29 is 23.9 Å². The SMILES string of the molecule is O=C(O)C1=NOC(C(=O)Nc2ccccc2F)C1. The van der Waals surface area contributed by atoms with Gasteiger partial charge in [0.25, 0.3) is 5.91 Å². The van der Waals surface area contributed by atoms with Gasteiger partial charge in [-0.15, -0.1) is 0 Å². The maximum atomic E-state index is 13.3. The lowest BCUT2D eigenvalue weighted by atomic mass is 10.1. The van der Waals surface area contributed by atoms with E-state index < -0.39 is 23.8 Å². The summed E-state index contributed by atoms with van der Waals surface area (Å²) in [6, 6.07) is 5.64. The first kappa shape index (κ1) is 12.0. The molecule has 2 rings (SSSR count). The van der Waals surface area contributed by atoms with Crippen LogP contribution in [0, 0.1) is 5.82 Å². The van der Waals surface area contributed by atoms with Gasteiger partial charge in [0.1, 0.15) is 5.82 Å². The smallest absolute Gasteiger partial charge is 0.353 e. The number of carboxylic acids is 1. The van der Waals surface area contributed by atoms with Crippen LogP contribution in [0.1, 0.15) is 6.42 Å². The van der Waals surface area contributed by atoms with Gasteiger partial charge in [-0.2, -0.15) is 0 Å². The third-order valence-corrected chi connectivity index (χ3v) is 2.34. The van der Waals surface area contributed by atoms with Crippen LogP contribution in [0.3, 0.4) is 0 Å². The van der Waals surface area contributed by atoms with Gasteiger partial charge in [-0.25, -0.2) is 9.18 Å². The zero-order valence-electron chi connectivity index (χ0n) is 9.09. The van der Waals surface area contributed by atoms with Gasteiger partial charge in [-0.3, -0.25) is 4.79 Å². The number of nitrogens with zero attached hydrogens (tertiary/aromatic N) is 1. The average Bonchev–Trinajstić information content (AvgIpc) is 2.81. The first-order valence-electron chi connectivity index (χ1n) is 5.09. The third-order valence-electron chi connectivity index (χ3n) is 2.34. The second kappa shape index (κ2) is 4.82. The van der Waals surface area contributed by atoms with Crippen LogP contribution in [0.4, 0.5) is 10.1 Å². The van der Waals surface area contributed by atoms with Crippen LogP contribution in [-0.4, -0.2) is 28.8 Å². The Morgan fingerprint density at radius 3 is 2.78 bits per heavy atom. The Morgan fingerprint density at radius 1 is 1.44 bits per heavy atom. The molecule has 1 unspecified atom stereocenters. The van der Waals surface area contributed by atoms with E-state index >= 15 is 0 Å². The molecular weight excluding hydrogens is 243 g/mol. The summed E-state index contributed by atoms with van der Waals surface area (Å²) in [5.74, 6) is -2.46. The normalized spacial score (nSPS) is 17.8. The summed E-state index contributed by atoms with van der Waals surface area (Å²) >= 11 is 0. The largest absolute Gasteiger partial charge is 0.477 e. The maximum Gasteiger partial charge on any atom is 0.353 e. The van der Waals surface area contributed by atoms with Gasteiger partial charge in [0.2, 0.25) is 6.10 Å². The summed E-state index contributed by atoms with van der Waals surface area (Å²) in [6.07, 6.45) is -1.19. The first-order valence-corrected chi connectivity index (χ1v) is 5.09. The van der Waals surface area contributed by atoms with Gasteiger partial charge < -0.3 is 15.3 Å².